The van der Waals surface area contributed by atoms with Gasteiger partial charge in [-0.05, 0) is 18.2 Å². The van der Waals surface area contributed by atoms with Gasteiger partial charge in [-0.15, -0.1) is 0 Å². The lowest BCUT2D eigenvalue weighted by atomic mass is 10.4. The first-order chi connectivity index (χ1) is 8.83. The summed E-state index contributed by atoms with van der Waals surface area (Å²) in [5.41, 5.74) is 2.53. The van der Waals surface area contributed by atoms with E-state index in [9.17, 15) is 0 Å². The van der Waals surface area contributed by atoms with Gasteiger partial charge in [-0.3, -0.25) is 9.67 Å². The van der Waals surface area contributed by atoms with Gasteiger partial charge in [0.25, 0.3) is 0 Å². The number of fused-ring (bicyclic) bond motifs is 1. The van der Waals surface area contributed by atoms with Crippen LogP contribution in [0.25, 0.3) is 11.2 Å². The second kappa shape index (κ2) is 4.40. The lowest BCUT2D eigenvalue weighted by Gasteiger charge is -2.06. The van der Waals surface area contributed by atoms with E-state index in [0.717, 1.165) is 17.0 Å². The molecule has 0 spiro atoms. The predicted octanol–water partition coefficient (Wildman–Crippen LogP) is 1.37. The second-order valence-electron chi connectivity index (χ2n) is 3.90. The van der Waals surface area contributed by atoms with E-state index in [1.165, 1.54) is 0 Å². The summed E-state index contributed by atoms with van der Waals surface area (Å²) >= 11 is 0. The van der Waals surface area contributed by atoms with E-state index in [1.54, 1.807) is 18.6 Å². The van der Waals surface area contributed by atoms with Crippen molar-refractivity contribution in [3.8, 4) is 0 Å². The molecule has 0 aliphatic carbocycles. The lowest BCUT2D eigenvalue weighted by molar-refractivity contribution is 0.720. The van der Waals surface area contributed by atoms with Crippen molar-refractivity contribution in [1.29, 1.82) is 0 Å². The van der Waals surface area contributed by atoms with Gasteiger partial charge in [-0.25, -0.2) is 9.97 Å². The van der Waals surface area contributed by atoms with Gasteiger partial charge in [0, 0.05) is 25.6 Å². The van der Waals surface area contributed by atoms with Crippen molar-refractivity contribution in [1.82, 2.24) is 24.7 Å². The van der Waals surface area contributed by atoms with E-state index in [4.69, 9.17) is 0 Å². The van der Waals surface area contributed by atoms with E-state index in [0.29, 0.717) is 12.2 Å². The molecule has 0 aromatic carbocycles. The molecule has 90 valence electrons. The van der Waals surface area contributed by atoms with Crippen LogP contribution in [0.4, 0.5) is 5.82 Å². The molecule has 0 unspecified atom stereocenters. The number of aromatic nitrogens is 5. The van der Waals surface area contributed by atoms with E-state index < -0.39 is 0 Å². The Morgan fingerprint density at radius 2 is 2.00 bits per heavy atom. The van der Waals surface area contributed by atoms with Gasteiger partial charge >= 0.3 is 0 Å². The highest BCUT2D eigenvalue weighted by atomic mass is 15.3. The van der Waals surface area contributed by atoms with Crippen molar-refractivity contribution >= 4 is 17.0 Å². The quantitative estimate of drug-likeness (QED) is 0.748. The largest absolute Gasteiger partial charge is 0.364 e. The van der Waals surface area contributed by atoms with E-state index >= 15 is 0 Å². The van der Waals surface area contributed by atoms with Gasteiger partial charge in [0.1, 0.15) is 11.3 Å². The van der Waals surface area contributed by atoms with Crippen LogP contribution in [0.1, 0.15) is 5.69 Å². The molecule has 1 N–H and O–H groups in total. The maximum Gasteiger partial charge on any atom is 0.180 e. The number of hydrogen-bond donors (Lipinski definition) is 1. The van der Waals surface area contributed by atoms with Crippen LogP contribution in [0, 0.1) is 0 Å². The van der Waals surface area contributed by atoms with Crippen LogP contribution in [-0.2, 0) is 13.6 Å². The summed E-state index contributed by atoms with van der Waals surface area (Å²) in [5, 5.41) is 7.35. The Kier molecular flexibility index (Phi) is 2.60. The Balaban J connectivity index is 1.81. The number of nitrogens with zero attached hydrogens (tertiary/aromatic N) is 5. The average molecular weight is 240 g/mol. The highest BCUT2D eigenvalue weighted by Crippen LogP contribution is 2.11. The molecule has 0 aliphatic rings. The molecule has 0 fully saturated rings. The Labute approximate surface area is 104 Å². The van der Waals surface area contributed by atoms with Crippen molar-refractivity contribution in [2.45, 2.75) is 6.54 Å². The third-order valence-electron chi connectivity index (χ3n) is 2.70. The number of aryl methyl sites for hydroxylation is 1. The molecular formula is C12H12N6. The molecule has 3 aromatic rings. The molecule has 0 aliphatic heterocycles. The van der Waals surface area contributed by atoms with Crippen LogP contribution in [0.5, 0.6) is 0 Å². The minimum Gasteiger partial charge on any atom is -0.364 e. The summed E-state index contributed by atoms with van der Waals surface area (Å²) < 4.78 is 1.83. The SMILES string of the molecule is Cn1nccc1CNc1ccc2nccnc2n1. The molecule has 0 bridgehead atoms. The summed E-state index contributed by atoms with van der Waals surface area (Å²) in [6, 6.07) is 5.77. The van der Waals surface area contributed by atoms with Gasteiger partial charge < -0.3 is 5.32 Å². The van der Waals surface area contributed by atoms with Crippen LogP contribution < -0.4 is 5.32 Å². The van der Waals surface area contributed by atoms with Crippen LogP contribution in [-0.4, -0.2) is 24.7 Å². The summed E-state index contributed by atoms with van der Waals surface area (Å²) in [5.74, 6) is 0.782. The Morgan fingerprint density at radius 1 is 1.11 bits per heavy atom. The fraction of sp³-hybridized carbons (Fsp3) is 0.167. The van der Waals surface area contributed by atoms with Crippen LogP contribution in [0.2, 0.25) is 0 Å². The summed E-state index contributed by atoms with van der Waals surface area (Å²) in [6.45, 7) is 0.676. The molecule has 6 heteroatoms. The first-order valence-electron chi connectivity index (χ1n) is 5.61. The molecule has 0 amide bonds. The Hall–Kier alpha value is -2.50. The average Bonchev–Trinajstić information content (AvgIpc) is 2.82. The molecule has 3 heterocycles. The Morgan fingerprint density at radius 3 is 2.83 bits per heavy atom. The highest BCUT2D eigenvalue weighted by Gasteiger charge is 2.01. The molecule has 3 rings (SSSR count). The van der Waals surface area contributed by atoms with Crippen molar-refractivity contribution in [2.24, 2.45) is 7.05 Å². The number of rotatable bonds is 3. The molecule has 0 atom stereocenters. The van der Waals surface area contributed by atoms with Crippen molar-refractivity contribution in [3.63, 3.8) is 0 Å². The lowest BCUT2D eigenvalue weighted by Crippen LogP contribution is -2.06. The summed E-state index contributed by atoms with van der Waals surface area (Å²) in [4.78, 5) is 12.7. The first kappa shape index (κ1) is 10.6. The number of nitrogens with one attached hydrogen (secondary N) is 1. The van der Waals surface area contributed by atoms with Gasteiger partial charge in [-0.2, -0.15) is 5.10 Å². The molecule has 3 aromatic heterocycles. The smallest absolute Gasteiger partial charge is 0.180 e. The van der Waals surface area contributed by atoms with Gasteiger partial charge in [0.15, 0.2) is 5.65 Å². The fourth-order valence-electron chi connectivity index (χ4n) is 1.71. The number of pyridine rings is 1. The van der Waals surface area contributed by atoms with Crippen LogP contribution in [0.3, 0.4) is 0 Å². The predicted molar refractivity (Wildman–Crippen MR) is 67.9 cm³/mol. The molecule has 0 radical (unpaired) electrons. The zero-order chi connectivity index (χ0) is 12.4. The van der Waals surface area contributed by atoms with Crippen molar-refractivity contribution in [3.05, 3.63) is 42.5 Å². The van der Waals surface area contributed by atoms with Gasteiger partial charge in [-0.1, -0.05) is 0 Å². The maximum absolute atomic E-state index is 4.39. The number of anilines is 1. The third kappa shape index (κ3) is 2.00. The summed E-state index contributed by atoms with van der Waals surface area (Å²) in [7, 11) is 1.91. The van der Waals surface area contributed by atoms with Gasteiger partial charge in [0.2, 0.25) is 0 Å². The minimum absolute atomic E-state index is 0.646. The van der Waals surface area contributed by atoms with Gasteiger partial charge in [0.05, 0.1) is 12.2 Å². The molecular weight excluding hydrogens is 228 g/mol. The maximum atomic E-state index is 4.39. The molecule has 0 saturated carbocycles. The van der Waals surface area contributed by atoms with E-state index in [2.05, 4.69) is 25.4 Å². The number of hydrogen-bond acceptors (Lipinski definition) is 5. The van der Waals surface area contributed by atoms with Crippen LogP contribution in [0.15, 0.2) is 36.8 Å². The topological polar surface area (TPSA) is 68.5 Å². The second-order valence-corrected chi connectivity index (χ2v) is 3.90. The van der Waals surface area contributed by atoms with Crippen molar-refractivity contribution in [2.75, 3.05) is 5.32 Å². The first-order valence-corrected chi connectivity index (χ1v) is 5.61. The molecule has 18 heavy (non-hydrogen) atoms. The van der Waals surface area contributed by atoms with E-state index in [-0.39, 0.29) is 0 Å². The third-order valence-corrected chi connectivity index (χ3v) is 2.70. The standard InChI is InChI=1S/C12H12N6/c1-18-9(4-5-16-18)8-15-11-3-2-10-12(17-11)14-7-6-13-10/h2-7H,8H2,1H3,(H,14,15,17). The molecule has 6 nitrogen and oxygen atoms in total. The summed E-state index contributed by atoms with van der Waals surface area (Å²) in [6.07, 6.45) is 5.07. The fourth-order valence-corrected chi connectivity index (χ4v) is 1.71. The zero-order valence-corrected chi connectivity index (χ0v) is 9.91. The van der Waals surface area contributed by atoms with E-state index in [1.807, 2.05) is 29.9 Å². The zero-order valence-electron chi connectivity index (χ0n) is 9.91. The normalized spacial score (nSPS) is 10.7. The monoisotopic (exact) mass is 240 g/mol. The highest BCUT2D eigenvalue weighted by molar-refractivity contribution is 5.71. The van der Waals surface area contributed by atoms with Crippen LogP contribution >= 0.6 is 0 Å². The molecule has 0 saturated heterocycles. The Bertz CT molecular complexity index is 675. The van der Waals surface area contributed by atoms with Crippen molar-refractivity contribution < 1.29 is 0 Å². The minimum atomic E-state index is 0.646.